The second-order valence-electron chi connectivity index (χ2n) is 7.94. The number of halogens is 2. The van der Waals surface area contributed by atoms with Gasteiger partial charge in [0.05, 0.1) is 27.6 Å². The normalized spacial score (nSPS) is 13.5. The molecule has 4 rings (SSSR count). The quantitative estimate of drug-likeness (QED) is 0.225. The lowest BCUT2D eigenvalue weighted by Crippen LogP contribution is -2.32. The molecule has 0 bridgehead atoms. The van der Waals surface area contributed by atoms with Crippen LogP contribution in [-0.2, 0) is 15.1 Å². The summed E-state index contributed by atoms with van der Waals surface area (Å²) in [7, 11) is 0. The third-order valence-electron chi connectivity index (χ3n) is 5.64. The van der Waals surface area contributed by atoms with Gasteiger partial charge in [-0.15, -0.1) is 0 Å². The molecular formula is C26H25Cl2N3O3. The lowest BCUT2D eigenvalue weighted by Gasteiger charge is -2.24. The van der Waals surface area contributed by atoms with Crippen molar-refractivity contribution in [2.24, 2.45) is 4.99 Å². The highest BCUT2D eigenvalue weighted by Crippen LogP contribution is 2.49. The Balaban J connectivity index is 0.000000271. The number of aromatic hydroxyl groups is 1. The highest BCUT2D eigenvalue weighted by Gasteiger charge is 2.48. The smallest absolute Gasteiger partial charge is 0.215 e. The molecule has 1 saturated carbocycles. The van der Waals surface area contributed by atoms with Crippen LogP contribution in [0.15, 0.2) is 65.7 Å². The monoisotopic (exact) mass is 497 g/mol. The maximum absolute atomic E-state index is 11.6. The summed E-state index contributed by atoms with van der Waals surface area (Å²) >= 11 is 11.2. The first-order chi connectivity index (χ1) is 16.3. The second kappa shape index (κ2) is 11.2. The van der Waals surface area contributed by atoms with E-state index in [0.29, 0.717) is 22.1 Å². The van der Waals surface area contributed by atoms with E-state index in [1.807, 2.05) is 62.4 Å². The predicted molar refractivity (Wildman–Crippen MR) is 137 cm³/mol. The number of aliphatic imine (C=N–C) groups is 1. The minimum Gasteiger partial charge on any atom is -0.505 e. The molecule has 1 fully saturated rings. The van der Waals surface area contributed by atoms with Gasteiger partial charge in [0.25, 0.3) is 0 Å². The molecule has 1 aliphatic carbocycles. The summed E-state index contributed by atoms with van der Waals surface area (Å²) in [5, 5.41) is 12.3. The molecular weight excluding hydrogens is 473 g/mol. The highest BCUT2D eigenvalue weighted by atomic mass is 35.5. The molecule has 176 valence electrons. The Bertz CT molecular complexity index is 1170. The molecule has 0 saturated heterocycles. The zero-order valence-electron chi connectivity index (χ0n) is 18.8. The third kappa shape index (κ3) is 5.76. The first kappa shape index (κ1) is 25.3. The summed E-state index contributed by atoms with van der Waals surface area (Å²) in [6, 6.07) is 18.8. The minimum absolute atomic E-state index is 0.0473. The van der Waals surface area contributed by atoms with Crippen molar-refractivity contribution in [1.82, 2.24) is 4.90 Å². The Hall–Kier alpha value is -3.35. The van der Waals surface area contributed by atoms with Crippen LogP contribution in [0.2, 0.25) is 10.0 Å². The average Bonchev–Trinajstić information content (AvgIpc) is 3.63. The van der Waals surface area contributed by atoms with Gasteiger partial charge in [0.1, 0.15) is 0 Å². The number of phenolic OH excluding ortho intramolecular Hbond substituents is 1. The third-order valence-corrected chi connectivity index (χ3v) is 6.22. The van der Waals surface area contributed by atoms with Crippen molar-refractivity contribution in [2.75, 3.05) is 5.32 Å². The highest BCUT2D eigenvalue weighted by molar-refractivity contribution is 6.37. The molecule has 0 aliphatic heterocycles. The van der Waals surface area contributed by atoms with E-state index in [9.17, 15) is 9.59 Å². The van der Waals surface area contributed by atoms with Crippen LogP contribution in [0, 0.1) is 13.8 Å². The maximum Gasteiger partial charge on any atom is 0.215 e. The lowest BCUT2D eigenvalue weighted by molar-refractivity contribution is -0.116. The van der Waals surface area contributed by atoms with Gasteiger partial charge in [-0.2, -0.15) is 0 Å². The van der Waals surface area contributed by atoms with E-state index < -0.39 is 0 Å². The van der Waals surface area contributed by atoms with Gasteiger partial charge in [-0.25, -0.2) is 4.99 Å². The van der Waals surface area contributed by atoms with Crippen LogP contribution in [0.4, 0.5) is 11.4 Å². The van der Waals surface area contributed by atoms with Gasteiger partial charge in [-0.05, 0) is 67.6 Å². The van der Waals surface area contributed by atoms with Crippen molar-refractivity contribution in [3.8, 4) is 5.75 Å². The van der Waals surface area contributed by atoms with Crippen molar-refractivity contribution in [2.45, 2.75) is 32.2 Å². The Morgan fingerprint density at radius 1 is 1.00 bits per heavy atom. The fourth-order valence-electron chi connectivity index (χ4n) is 3.60. The first-order valence-corrected chi connectivity index (χ1v) is 11.4. The molecule has 3 aromatic carbocycles. The molecule has 0 heterocycles. The zero-order valence-corrected chi connectivity index (χ0v) is 20.3. The van der Waals surface area contributed by atoms with Crippen molar-refractivity contribution in [3.63, 3.8) is 0 Å². The molecule has 1 aliphatic rings. The van der Waals surface area contributed by atoms with Gasteiger partial charge >= 0.3 is 0 Å². The van der Waals surface area contributed by atoms with Gasteiger partial charge in [0, 0.05) is 5.69 Å². The number of hydrogen-bond donors (Lipinski definition) is 2. The maximum atomic E-state index is 11.6. The van der Waals surface area contributed by atoms with Crippen LogP contribution in [0.1, 0.15) is 29.5 Å². The number of amides is 2. The molecule has 2 amide bonds. The van der Waals surface area contributed by atoms with Crippen LogP contribution in [0.3, 0.4) is 0 Å². The fraction of sp³-hybridized carbons (Fsp3) is 0.192. The lowest BCUT2D eigenvalue weighted by atomic mass is 10.0. The Labute approximate surface area is 208 Å². The molecule has 0 radical (unpaired) electrons. The van der Waals surface area contributed by atoms with Crippen LogP contribution in [-0.4, -0.2) is 29.2 Å². The van der Waals surface area contributed by atoms with E-state index in [0.717, 1.165) is 41.6 Å². The summed E-state index contributed by atoms with van der Waals surface area (Å²) in [4.78, 5) is 28.4. The molecule has 34 heavy (non-hydrogen) atoms. The molecule has 0 atom stereocenters. The Kier molecular flexibility index (Phi) is 8.31. The second-order valence-corrected chi connectivity index (χ2v) is 8.76. The molecule has 2 N–H and O–H groups in total. The van der Waals surface area contributed by atoms with E-state index >= 15 is 0 Å². The van der Waals surface area contributed by atoms with Crippen LogP contribution >= 0.6 is 23.2 Å². The SMILES string of the molecule is Cc1c(N=CN(C=O)C2(c3ccccc3)CC2)cccc1NC=O.Cc1cc(Cl)c(O)c(Cl)c1. The van der Waals surface area contributed by atoms with E-state index in [1.54, 1.807) is 23.4 Å². The van der Waals surface area contributed by atoms with Gasteiger partial charge in [0.15, 0.2) is 5.75 Å². The number of hydrogen-bond acceptors (Lipinski definition) is 4. The largest absolute Gasteiger partial charge is 0.505 e. The number of aryl methyl sites for hydroxylation is 1. The molecule has 0 spiro atoms. The summed E-state index contributed by atoms with van der Waals surface area (Å²) in [5.74, 6) is -0.0473. The topological polar surface area (TPSA) is 82.0 Å². The van der Waals surface area contributed by atoms with Crippen molar-refractivity contribution >= 4 is 53.7 Å². The van der Waals surface area contributed by atoms with Gasteiger partial charge in [0.2, 0.25) is 12.8 Å². The number of phenols is 1. The first-order valence-electron chi connectivity index (χ1n) is 10.6. The van der Waals surface area contributed by atoms with E-state index in [-0.39, 0.29) is 11.3 Å². The van der Waals surface area contributed by atoms with E-state index in [4.69, 9.17) is 28.3 Å². The van der Waals surface area contributed by atoms with Crippen molar-refractivity contribution in [1.29, 1.82) is 0 Å². The summed E-state index contributed by atoms with van der Waals surface area (Å²) in [5.41, 5.74) is 4.07. The Morgan fingerprint density at radius 3 is 2.21 bits per heavy atom. The van der Waals surface area contributed by atoms with Crippen LogP contribution in [0.5, 0.6) is 5.75 Å². The van der Waals surface area contributed by atoms with Gasteiger partial charge < -0.3 is 10.4 Å². The minimum atomic E-state index is -0.279. The molecule has 0 aromatic heterocycles. The van der Waals surface area contributed by atoms with Crippen LogP contribution in [0.25, 0.3) is 0 Å². The summed E-state index contributed by atoms with van der Waals surface area (Å²) in [6.45, 7) is 3.74. The van der Waals surface area contributed by atoms with Crippen molar-refractivity contribution < 1.29 is 14.7 Å². The summed E-state index contributed by atoms with van der Waals surface area (Å²) in [6.07, 6.45) is 4.90. The number of rotatable bonds is 7. The van der Waals surface area contributed by atoms with E-state index in [2.05, 4.69) is 10.3 Å². The molecule has 8 heteroatoms. The summed E-state index contributed by atoms with van der Waals surface area (Å²) < 4.78 is 0. The predicted octanol–water partition coefficient (Wildman–Crippen LogP) is 6.38. The number of nitrogens with one attached hydrogen (secondary N) is 1. The number of carbonyl (C=O) groups excluding carboxylic acids is 2. The van der Waals surface area contributed by atoms with Gasteiger partial charge in [-0.3, -0.25) is 14.5 Å². The standard InChI is InChI=1S/C19H19N3O2.C7H6Cl2O/c1-15-17(8-5-9-18(15)21-13-23)20-12-22(14-24)19(10-11-19)16-6-3-2-4-7-16;1-4-2-5(8)7(10)6(9)3-4/h2-9,12-14H,10-11H2,1H3,(H,21,23);2-3,10H,1H3. The Morgan fingerprint density at radius 2 is 1.65 bits per heavy atom. The number of anilines is 1. The number of carbonyl (C=O) groups is 2. The van der Waals surface area contributed by atoms with E-state index in [1.165, 1.54) is 0 Å². The average molecular weight is 498 g/mol. The number of benzene rings is 3. The molecule has 0 unspecified atom stereocenters. The number of nitrogens with zero attached hydrogens (tertiary/aromatic N) is 2. The zero-order chi connectivity index (χ0) is 24.7. The van der Waals surface area contributed by atoms with Gasteiger partial charge in [-0.1, -0.05) is 59.6 Å². The molecule has 6 nitrogen and oxygen atoms in total. The van der Waals surface area contributed by atoms with Crippen molar-refractivity contribution in [3.05, 3.63) is 87.4 Å². The molecule has 3 aromatic rings. The van der Waals surface area contributed by atoms with Crippen LogP contribution < -0.4 is 5.32 Å². The fourth-order valence-corrected chi connectivity index (χ4v) is 4.20.